The maximum atomic E-state index is 6.20. The lowest BCUT2D eigenvalue weighted by atomic mass is 10.2. The topological polar surface area (TPSA) is 9.23 Å². The average Bonchev–Trinajstić information content (AvgIpc) is 1.94. The Morgan fingerprint density at radius 2 is 1.36 bits per heavy atom. The summed E-state index contributed by atoms with van der Waals surface area (Å²) in [4.78, 5) is 1.01. The molecule has 0 saturated carbocycles. The van der Waals surface area contributed by atoms with E-state index < -0.39 is 8.32 Å². The van der Waals surface area contributed by atoms with Crippen LogP contribution in [0.5, 0.6) is 0 Å². The molecule has 0 heterocycles. The minimum absolute atomic E-state index is 0.269. The summed E-state index contributed by atoms with van der Waals surface area (Å²) in [5, 5.41) is 0.537. The van der Waals surface area contributed by atoms with Gasteiger partial charge in [-0.1, -0.05) is 57.5 Å². The minimum Gasteiger partial charge on any atom is -0.415 e. The largest absolute Gasteiger partial charge is 0.415 e. The van der Waals surface area contributed by atoms with E-state index in [0.717, 1.165) is 11.6 Å². The van der Waals surface area contributed by atoms with Gasteiger partial charge in [0.2, 0.25) is 8.32 Å². The van der Waals surface area contributed by atoms with Gasteiger partial charge in [-0.25, -0.2) is 0 Å². The zero-order valence-corrected chi connectivity index (χ0v) is 13.3. The molecule has 0 rings (SSSR count). The van der Waals surface area contributed by atoms with E-state index >= 15 is 0 Å². The minimum atomic E-state index is -1.76. The van der Waals surface area contributed by atoms with Gasteiger partial charge in [-0.15, -0.1) is 0 Å². The van der Waals surface area contributed by atoms with E-state index in [0.29, 0.717) is 0 Å². The fourth-order valence-corrected chi connectivity index (χ4v) is 12.3. The quantitative estimate of drug-likeness (QED) is 0.546. The van der Waals surface area contributed by atoms with Crippen molar-refractivity contribution in [1.29, 1.82) is 0 Å². The summed E-state index contributed by atoms with van der Waals surface area (Å²) in [6.07, 6.45) is 0. The normalized spacial score (nSPS) is 14.6. The Bertz CT molecular complexity index is 165. The van der Waals surface area contributed by atoms with Gasteiger partial charge in [0.15, 0.2) is 0 Å². The van der Waals surface area contributed by atoms with Gasteiger partial charge < -0.3 is 4.43 Å². The van der Waals surface area contributed by atoms with Crippen LogP contribution in [-0.2, 0) is 4.43 Å². The third-order valence-corrected chi connectivity index (χ3v) is 11.4. The molecule has 86 valence electrons. The van der Waals surface area contributed by atoms with Crippen LogP contribution in [-0.4, -0.2) is 19.9 Å². The Labute approximate surface area is 98.9 Å². The second-order valence-corrected chi connectivity index (χ2v) is 12.8. The molecule has 0 aliphatic heterocycles. The van der Waals surface area contributed by atoms with E-state index in [1.807, 2.05) is 0 Å². The first-order valence-corrected chi connectivity index (χ1v) is 8.56. The molecule has 0 aliphatic rings. The van der Waals surface area contributed by atoms with Gasteiger partial charge in [0, 0.05) is 11.6 Å². The zero-order chi connectivity index (χ0) is 11.6. The predicted octanol–water partition coefficient (Wildman–Crippen LogP) is 4.50. The van der Waals surface area contributed by atoms with Crippen LogP contribution in [0.4, 0.5) is 0 Å². The van der Waals surface area contributed by atoms with Crippen molar-refractivity contribution in [2.75, 3.05) is 11.6 Å². The van der Waals surface area contributed by atoms with Crippen LogP contribution in [0.3, 0.4) is 0 Å². The number of alkyl halides is 1. The molecule has 0 aromatic rings. The van der Waals surface area contributed by atoms with Gasteiger partial charge in [0.25, 0.3) is 0 Å². The summed E-state index contributed by atoms with van der Waals surface area (Å²) < 4.78 is 6.20. The van der Waals surface area contributed by atoms with E-state index in [1.165, 1.54) is 0 Å². The van der Waals surface area contributed by atoms with Crippen molar-refractivity contribution >= 4 is 24.2 Å². The van der Waals surface area contributed by atoms with E-state index in [9.17, 15) is 0 Å². The second kappa shape index (κ2) is 4.66. The molecule has 0 spiro atoms. The smallest absolute Gasteiger partial charge is 0.213 e. The lowest BCUT2D eigenvalue weighted by molar-refractivity contribution is 0.278. The zero-order valence-electron chi connectivity index (χ0n) is 10.7. The van der Waals surface area contributed by atoms with Crippen molar-refractivity contribution in [3.8, 4) is 0 Å². The fourth-order valence-electron chi connectivity index (χ4n) is 2.24. The molecule has 0 radical (unpaired) electrons. The number of hydrogen-bond acceptors (Lipinski definition) is 1. The molecule has 0 aliphatic carbocycles. The highest BCUT2D eigenvalue weighted by atomic mass is 79.9. The molecular weight excluding hydrogens is 256 g/mol. The van der Waals surface area contributed by atoms with Crippen molar-refractivity contribution < 1.29 is 4.43 Å². The first-order valence-electron chi connectivity index (χ1n) is 5.32. The standard InChI is InChI=1S/C11H25BrOSi/c1-8-13-14(9-12,10(2,3)4)11(5,6)7/h8-9H2,1-7H3. The van der Waals surface area contributed by atoms with Crippen LogP contribution in [0.15, 0.2) is 0 Å². The van der Waals surface area contributed by atoms with E-state index in [4.69, 9.17) is 4.43 Å². The second-order valence-electron chi connectivity index (χ2n) is 5.89. The third-order valence-electron chi connectivity index (χ3n) is 3.00. The average molecular weight is 281 g/mol. The molecule has 0 aromatic carbocycles. The lowest BCUT2D eigenvalue weighted by Crippen LogP contribution is -2.56. The van der Waals surface area contributed by atoms with Crippen LogP contribution in [0.1, 0.15) is 48.5 Å². The summed E-state index contributed by atoms with van der Waals surface area (Å²) in [6.45, 7) is 16.8. The van der Waals surface area contributed by atoms with E-state index in [1.54, 1.807) is 0 Å². The van der Waals surface area contributed by atoms with Crippen LogP contribution in [0, 0.1) is 0 Å². The maximum Gasteiger partial charge on any atom is 0.213 e. The number of halogens is 1. The Kier molecular flexibility index (Phi) is 4.88. The van der Waals surface area contributed by atoms with Crippen molar-refractivity contribution in [2.45, 2.75) is 58.5 Å². The van der Waals surface area contributed by atoms with Gasteiger partial charge in [0.1, 0.15) is 0 Å². The number of rotatable bonds is 3. The molecule has 0 fully saturated rings. The molecule has 0 saturated heterocycles. The molecular formula is C11H25BrOSi. The fraction of sp³-hybridized carbons (Fsp3) is 1.00. The summed E-state index contributed by atoms with van der Waals surface area (Å²) in [6, 6.07) is 0. The lowest BCUT2D eigenvalue weighted by Gasteiger charge is -2.49. The van der Waals surface area contributed by atoms with Crippen molar-refractivity contribution in [3.63, 3.8) is 0 Å². The maximum absolute atomic E-state index is 6.20. The van der Waals surface area contributed by atoms with E-state index in [-0.39, 0.29) is 10.1 Å². The SMILES string of the molecule is CCO[Si](CBr)(C(C)(C)C)C(C)(C)C. The highest BCUT2D eigenvalue weighted by Gasteiger charge is 2.54. The van der Waals surface area contributed by atoms with Crippen LogP contribution in [0.2, 0.25) is 10.1 Å². The van der Waals surface area contributed by atoms with Gasteiger partial charge in [0.05, 0.1) is 0 Å². The molecule has 14 heavy (non-hydrogen) atoms. The van der Waals surface area contributed by atoms with Gasteiger partial charge in [-0.2, -0.15) is 0 Å². The van der Waals surface area contributed by atoms with Gasteiger partial charge in [-0.05, 0) is 17.0 Å². The van der Waals surface area contributed by atoms with E-state index in [2.05, 4.69) is 64.4 Å². The van der Waals surface area contributed by atoms with Crippen LogP contribution >= 0.6 is 15.9 Å². The first kappa shape index (κ1) is 14.7. The van der Waals surface area contributed by atoms with Crippen molar-refractivity contribution in [3.05, 3.63) is 0 Å². The Morgan fingerprint density at radius 3 is 1.43 bits per heavy atom. The highest BCUT2D eigenvalue weighted by Crippen LogP contribution is 2.52. The first-order chi connectivity index (χ1) is 6.12. The molecule has 0 amide bonds. The van der Waals surface area contributed by atoms with Crippen LogP contribution in [0.25, 0.3) is 0 Å². The third kappa shape index (κ3) is 2.61. The molecule has 0 atom stereocenters. The van der Waals surface area contributed by atoms with Gasteiger partial charge in [-0.3, -0.25) is 0 Å². The molecule has 0 aromatic heterocycles. The number of hydrogen-bond donors (Lipinski definition) is 0. The predicted molar refractivity (Wildman–Crippen MR) is 70.6 cm³/mol. The molecule has 0 unspecified atom stereocenters. The summed E-state index contributed by atoms with van der Waals surface area (Å²) in [5.41, 5.74) is 0. The summed E-state index contributed by atoms with van der Waals surface area (Å²) in [5.74, 6) is 0. The molecule has 0 N–H and O–H groups in total. The summed E-state index contributed by atoms with van der Waals surface area (Å²) in [7, 11) is -1.76. The molecule has 3 heteroatoms. The molecule has 0 bridgehead atoms. The molecule has 1 nitrogen and oxygen atoms in total. The Hall–Kier alpha value is 0.657. The van der Waals surface area contributed by atoms with Crippen molar-refractivity contribution in [1.82, 2.24) is 0 Å². The highest BCUT2D eigenvalue weighted by molar-refractivity contribution is 9.09. The Morgan fingerprint density at radius 1 is 1.00 bits per heavy atom. The van der Waals surface area contributed by atoms with Gasteiger partial charge >= 0.3 is 0 Å². The monoisotopic (exact) mass is 280 g/mol. The summed E-state index contributed by atoms with van der Waals surface area (Å²) >= 11 is 3.68. The van der Waals surface area contributed by atoms with Crippen LogP contribution < -0.4 is 0 Å². The van der Waals surface area contributed by atoms with Crippen molar-refractivity contribution in [2.24, 2.45) is 0 Å². The Balaban J connectivity index is 5.21.